The van der Waals surface area contributed by atoms with E-state index in [0.29, 0.717) is 25.3 Å². The Kier molecular flexibility index (Phi) is 6.35. The molecule has 7 nitrogen and oxygen atoms in total. The quantitative estimate of drug-likeness (QED) is 0.336. The lowest BCUT2D eigenvalue weighted by molar-refractivity contribution is -0.122. The van der Waals surface area contributed by atoms with Crippen molar-refractivity contribution in [2.75, 3.05) is 11.5 Å². The van der Waals surface area contributed by atoms with Crippen LogP contribution in [0.3, 0.4) is 0 Å². The molecule has 0 spiro atoms. The van der Waals surface area contributed by atoms with Crippen LogP contribution in [0.25, 0.3) is 6.08 Å². The minimum atomic E-state index is -0.877. The van der Waals surface area contributed by atoms with Crippen molar-refractivity contribution in [1.29, 1.82) is 0 Å². The average molecular weight is 447 g/mol. The first-order valence-corrected chi connectivity index (χ1v) is 10.4. The van der Waals surface area contributed by atoms with Gasteiger partial charge in [0.25, 0.3) is 11.8 Å². The molecule has 4 amide bonds. The molecule has 0 unspecified atom stereocenters. The molecule has 8 heteroatoms. The number of carbonyl (C=O) groups is 3. The number of anilines is 1. The predicted octanol–water partition coefficient (Wildman–Crippen LogP) is 4.07. The van der Waals surface area contributed by atoms with Gasteiger partial charge in [0.2, 0.25) is 0 Å². The Balaban J connectivity index is 1.46. The summed E-state index contributed by atoms with van der Waals surface area (Å²) < 4.78 is 20.9. The fraction of sp³-hybridized carbons (Fsp3) is 0.160. The molecule has 4 rings (SSSR count). The van der Waals surface area contributed by atoms with Crippen molar-refractivity contribution < 1.29 is 23.5 Å². The maximum absolute atomic E-state index is 13.2. The molecule has 168 valence electrons. The predicted molar refractivity (Wildman–Crippen MR) is 121 cm³/mol. The van der Waals surface area contributed by atoms with Crippen LogP contribution in [0.1, 0.15) is 17.7 Å². The van der Waals surface area contributed by atoms with E-state index in [0.717, 1.165) is 28.3 Å². The first-order valence-electron chi connectivity index (χ1n) is 10.4. The number of hydrogen-bond acceptors (Lipinski definition) is 4. The van der Waals surface area contributed by atoms with Gasteiger partial charge in [-0.05, 0) is 68.0 Å². The summed E-state index contributed by atoms with van der Waals surface area (Å²) in [5.41, 5.74) is 1.78. The van der Waals surface area contributed by atoms with Crippen LogP contribution in [0.15, 0.2) is 72.4 Å². The van der Waals surface area contributed by atoms with E-state index in [1.165, 1.54) is 18.2 Å². The Morgan fingerprint density at radius 1 is 1.00 bits per heavy atom. The number of ether oxygens (including phenoxy) is 1. The van der Waals surface area contributed by atoms with E-state index in [4.69, 9.17) is 4.74 Å². The summed E-state index contributed by atoms with van der Waals surface area (Å²) >= 11 is 0. The molecular formula is C25H22FN3O4. The summed E-state index contributed by atoms with van der Waals surface area (Å²) in [5, 5.41) is 2.17. The fourth-order valence-corrected chi connectivity index (χ4v) is 3.45. The number of nitrogens with one attached hydrogen (secondary N) is 1. The normalized spacial score (nSPS) is 15.2. The zero-order valence-corrected chi connectivity index (χ0v) is 18.0. The van der Waals surface area contributed by atoms with E-state index in [9.17, 15) is 18.8 Å². The van der Waals surface area contributed by atoms with E-state index in [1.807, 2.05) is 42.0 Å². The number of aryl methyl sites for hydroxylation is 2. The Bertz CT molecular complexity index is 1210. The van der Waals surface area contributed by atoms with Crippen molar-refractivity contribution in [2.45, 2.75) is 19.9 Å². The number of benzene rings is 2. The van der Waals surface area contributed by atoms with Gasteiger partial charge in [-0.25, -0.2) is 14.1 Å². The van der Waals surface area contributed by atoms with Crippen LogP contribution in [0.4, 0.5) is 14.9 Å². The minimum absolute atomic E-state index is 0.168. The van der Waals surface area contributed by atoms with E-state index < -0.39 is 23.7 Å². The summed E-state index contributed by atoms with van der Waals surface area (Å²) in [7, 11) is 0. The molecule has 1 saturated heterocycles. The molecule has 2 aromatic carbocycles. The maximum Gasteiger partial charge on any atom is 0.335 e. The smallest absolute Gasteiger partial charge is 0.335 e. The van der Waals surface area contributed by atoms with E-state index in [2.05, 4.69) is 5.32 Å². The number of hydrogen-bond donors (Lipinski definition) is 1. The van der Waals surface area contributed by atoms with Gasteiger partial charge < -0.3 is 9.30 Å². The largest absolute Gasteiger partial charge is 0.494 e. The fourth-order valence-electron chi connectivity index (χ4n) is 3.45. The number of amides is 4. The van der Waals surface area contributed by atoms with Gasteiger partial charge in [0, 0.05) is 18.4 Å². The second-order valence-electron chi connectivity index (χ2n) is 7.58. The highest BCUT2D eigenvalue weighted by molar-refractivity contribution is 6.39. The van der Waals surface area contributed by atoms with Crippen LogP contribution in [0, 0.1) is 12.7 Å². The molecular weight excluding hydrogens is 425 g/mol. The minimum Gasteiger partial charge on any atom is -0.494 e. The highest BCUT2D eigenvalue weighted by Crippen LogP contribution is 2.22. The van der Waals surface area contributed by atoms with Crippen LogP contribution in [-0.4, -0.2) is 29.0 Å². The maximum atomic E-state index is 13.2. The Morgan fingerprint density at radius 3 is 2.45 bits per heavy atom. The number of barbiturate groups is 1. The molecule has 0 radical (unpaired) electrons. The third kappa shape index (κ3) is 5.01. The van der Waals surface area contributed by atoms with Crippen LogP contribution in [0.5, 0.6) is 5.75 Å². The summed E-state index contributed by atoms with van der Waals surface area (Å²) in [6, 6.07) is 15.4. The van der Waals surface area contributed by atoms with Crippen LogP contribution in [-0.2, 0) is 16.1 Å². The second-order valence-corrected chi connectivity index (χ2v) is 7.58. The molecule has 1 aliphatic heterocycles. The number of urea groups is 1. The molecule has 1 fully saturated rings. The SMILES string of the molecule is Cc1ccc(OCCCn2cccc2/C=C2/C(=O)NC(=O)N(c3ccc(F)cc3)C2=O)cc1. The first-order chi connectivity index (χ1) is 15.9. The van der Waals surface area contributed by atoms with Gasteiger partial charge in [0.05, 0.1) is 12.3 Å². The monoisotopic (exact) mass is 447 g/mol. The van der Waals surface area contributed by atoms with E-state index >= 15 is 0 Å². The van der Waals surface area contributed by atoms with Gasteiger partial charge in [-0.15, -0.1) is 0 Å². The molecule has 0 atom stereocenters. The zero-order chi connectivity index (χ0) is 23.4. The Hall–Kier alpha value is -4.20. The van der Waals surface area contributed by atoms with Crippen LogP contribution in [0.2, 0.25) is 0 Å². The highest BCUT2D eigenvalue weighted by Gasteiger charge is 2.36. The van der Waals surface area contributed by atoms with Gasteiger partial charge in [-0.1, -0.05) is 17.7 Å². The van der Waals surface area contributed by atoms with E-state index in [1.54, 1.807) is 12.1 Å². The van der Waals surface area contributed by atoms with Crippen LogP contribution < -0.4 is 15.0 Å². The molecule has 2 heterocycles. The molecule has 1 aliphatic rings. The van der Waals surface area contributed by atoms with Gasteiger partial charge in [-0.2, -0.15) is 0 Å². The lowest BCUT2D eigenvalue weighted by Crippen LogP contribution is -2.54. The van der Waals surface area contributed by atoms with E-state index in [-0.39, 0.29) is 11.3 Å². The highest BCUT2D eigenvalue weighted by atomic mass is 19.1. The average Bonchev–Trinajstić information content (AvgIpc) is 3.23. The third-order valence-corrected chi connectivity index (χ3v) is 5.18. The van der Waals surface area contributed by atoms with Crippen LogP contribution >= 0.6 is 0 Å². The lowest BCUT2D eigenvalue weighted by Gasteiger charge is -2.26. The Labute approximate surface area is 190 Å². The number of nitrogens with zero attached hydrogens (tertiary/aromatic N) is 2. The Morgan fingerprint density at radius 2 is 1.73 bits per heavy atom. The van der Waals surface area contributed by atoms with Crippen molar-refractivity contribution in [3.63, 3.8) is 0 Å². The van der Waals surface area contributed by atoms with Gasteiger partial charge in [-0.3, -0.25) is 14.9 Å². The van der Waals surface area contributed by atoms with Gasteiger partial charge in [0.15, 0.2) is 0 Å². The topological polar surface area (TPSA) is 80.6 Å². The summed E-state index contributed by atoms with van der Waals surface area (Å²) in [6.07, 6.45) is 3.99. The standard InChI is InChI=1S/C25H22FN3O4/c1-17-5-11-21(12-6-17)33-15-3-14-28-13-2-4-20(28)16-22-23(30)27-25(32)29(24(22)31)19-9-7-18(26)8-10-19/h2,4-13,16H,3,14-15H2,1H3,(H,27,30,32)/b22-16-. The van der Waals surface area contributed by atoms with Crippen molar-refractivity contribution in [2.24, 2.45) is 0 Å². The molecule has 1 N–H and O–H groups in total. The van der Waals surface area contributed by atoms with Crippen molar-refractivity contribution in [3.8, 4) is 5.75 Å². The second kappa shape index (κ2) is 9.52. The number of halogens is 1. The number of rotatable bonds is 7. The molecule has 0 bridgehead atoms. The van der Waals surface area contributed by atoms with Gasteiger partial charge in [0.1, 0.15) is 17.1 Å². The third-order valence-electron chi connectivity index (χ3n) is 5.18. The van der Waals surface area contributed by atoms with Crippen molar-refractivity contribution in [1.82, 2.24) is 9.88 Å². The summed E-state index contributed by atoms with van der Waals surface area (Å²) in [6.45, 7) is 3.12. The zero-order valence-electron chi connectivity index (χ0n) is 18.0. The number of aromatic nitrogens is 1. The number of imide groups is 2. The molecule has 0 aliphatic carbocycles. The first kappa shape index (κ1) is 22.0. The molecule has 0 saturated carbocycles. The van der Waals surface area contributed by atoms with Crippen molar-refractivity contribution >= 4 is 29.6 Å². The summed E-state index contributed by atoms with van der Waals surface area (Å²) in [5.74, 6) is -1.25. The summed E-state index contributed by atoms with van der Waals surface area (Å²) in [4.78, 5) is 38.4. The van der Waals surface area contributed by atoms with Gasteiger partial charge >= 0.3 is 6.03 Å². The lowest BCUT2D eigenvalue weighted by atomic mass is 10.1. The molecule has 3 aromatic rings. The molecule has 1 aromatic heterocycles. The van der Waals surface area contributed by atoms with Crippen molar-refractivity contribution in [3.05, 3.63) is 89.5 Å². The molecule has 33 heavy (non-hydrogen) atoms. The number of carbonyl (C=O) groups excluding carboxylic acids is 3.